The molecule has 0 bridgehead atoms. The summed E-state index contributed by atoms with van der Waals surface area (Å²) in [6.07, 6.45) is -3.97. The van der Waals surface area contributed by atoms with E-state index in [-0.39, 0.29) is 24.0 Å². The fourth-order valence-electron chi connectivity index (χ4n) is 2.71. The molecule has 7 nitrogen and oxygen atoms in total. The molecule has 0 saturated carbocycles. The van der Waals surface area contributed by atoms with Crippen molar-refractivity contribution in [2.75, 3.05) is 26.0 Å². The van der Waals surface area contributed by atoms with Gasteiger partial charge in [0.2, 0.25) is 15.8 Å². The molecule has 0 N–H and O–H groups in total. The highest BCUT2D eigenvalue weighted by Crippen LogP contribution is 2.29. The first-order chi connectivity index (χ1) is 12.6. The van der Waals surface area contributed by atoms with Crippen molar-refractivity contribution in [1.29, 1.82) is 0 Å². The summed E-state index contributed by atoms with van der Waals surface area (Å²) in [4.78, 5) is 3.32. The average molecular weight is 405 g/mol. The second-order valence-corrected chi connectivity index (χ2v) is 8.50. The van der Waals surface area contributed by atoms with Gasteiger partial charge in [-0.3, -0.25) is 0 Å². The number of aromatic nitrogens is 2. The van der Waals surface area contributed by atoms with Crippen molar-refractivity contribution < 1.29 is 30.8 Å². The summed E-state index contributed by atoms with van der Waals surface area (Å²) >= 11 is 0. The zero-order valence-corrected chi connectivity index (χ0v) is 15.3. The minimum Gasteiger partial charge on any atom is -0.381 e. The number of sulfonamides is 1. The molecule has 1 aromatic carbocycles. The van der Waals surface area contributed by atoms with Crippen molar-refractivity contribution in [2.24, 2.45) is 5.92 Å². The molecule has 0 spiro atoms. The third-order valence-electron chi connectivity index (χ3n) is 4.23. The lowest BCUT2D eigenvalue weighted by molar-refractivity contribution is -0.159. The molecule has 148 valence electrons. The zero-order valence-electron chi connectivity index (χ0n) is 14.4. The maximum atomic E-state index is 12.5. The molecular weight excluding hydrogens is 387 g/mol. The first kappa shape index (κ1) is 19.8. The number of benzene rings is 1. The van der Waals surface area contributed by atoms with Gasteiger partial charge in [-0.1, -0.05) is 29.4 Å². The molecule has 2 heterocycles. The molecular formula is C16H18F3N3O4S. The summed E-state index contributed by atoms with van der Waals surface area (Å²) in [5.41, 5.74) is 1.03. The fourth-order valence-corrected chi connectivity index (χ4v) is 4.17. The van der Waals surface area contributed by atoms with Crippen LogP contribution < -0.4 is 0 Å². The van der Waals surface area contributed by atoms with Gasteiger partial charge in [-0.2, -0.15) is 18.2 Å². The third-order valence-corrected chi connectivity index (χ3v) is 6.20. The molecule has 0 radical (unpaired) electrons. The quantitative estimate of drug-likeness (QED) is 0.734. The van der Waals surface area contributed by atoms with Gasteiger partial charge in [-0.05, 0) is 17.9 Å². The second kappa shape index (κ2) is 7.56. The summed E-state index contributed by atoms with van der Waals surface area (Å²) in [5, 5.41) is 3.32. The second-order valence-electron chi connectivity index (χ2n) is 6.38. The molecule has 1 atom stereocenters. The van der Waals surface area contributed by atoms with Gasteiger partial charge in [0.15, 0.2) is 0 Å². The van der Waals surface area contributed by atoms with Crippen molar-refractivity contribution in [2.45, 2.75) is 19.1 Å². The van der Waals surface area contributed by atoms with Crippen molar-refractivity contribution in [3.63, 3.8) is 0 Å². The Morgan fingerprint density at radius 2 is 1.96 bits per heavy atom. The number of nitrogens with zero attached hydrogens (tertiary/aromatic N) is 3. The van der Waals surface area contributed by atoms with Crippen LogP contribution in [0.5, 0.6) is 0 Å². The Balaban J connectivity index is 1.65. The summed E-state index contributed by atoms with van der Waals surface area (Å²) in [6, 6.07) is 6.27. The van der Waals surface area contributed by atoms with E-state index in [0.717, 1.165) is 6.42 Å². The van der Waals surface area contributed by atoms with Gasteiger partial charge in [0, 0.05) is 25.8 Å². The average Bonchev–Trinajstić information content (AvgIpc) is 3.26. The molecule has 1 aliphatic rings. The minimum absolute atomic E-state index is 0.000828. The Hall–Kier alpha value is -1.98. The van der Waals surface area contributed by atoms with E-state index in [2.05, 4.69) is 14.7 Å². The molecule has 3 rings (SSSR count). The molecule has 27 heavy (non-hydrogen) atoms. The van der Waals surface area contributed by atoms with Crippen molar-refractivity contribution in [3.05, 3.63) is 35.7 Å². The summed E-state index contributed by atoms with van der Waals surface area (Å²) in [5.74, 6) is -1.56. The van der Waals surface area contributed by atoms with Crippen LogP contribution in [0, 0.1) is 5.92 Å². The van der Waals surface area contributed by atoms with Crippen LogP contribution in [0.3, 0.4) is 0 Å². The Morgan fingerprint density at radius 3 is 2.52 bits per heavy atom. The van der Waals surface area contributed by atoms with Gasteiger partial charge in [-0.25, -0.2) is 12.7 Å². The third kappa shape index (κ3) is 4.85. The molecule has 1 aromatic heterocycles. The number of halogens is 3. The van der Waals surface area contributed by atoms with Gasteiger partial charge in [0.25, 0.3) is 0 Å². The SMILES string of the molecule is CN(Cc1ccc(-c2noc(C(F)(F)F)n2)cc1)S(=O)(=O)CC1CCOC1. The molecule has 0 amide bonds. The Labute approximate surface area is 154 Å². The molecule has 0 aliphatic carbocycles. The predicted octanol–water partition coefficient (Wildman–Crippen LogP) is 2.55. The van der Waals surface area contributed by atoms with E-state index in [0.29, 0.717) is 24.3 Å². The fraction of sp³-hybridized carbons (Fsp3) is 0.500. The lowest BCUT2D eigenvalue weighted by Crippen LogP contribution is -2.31. The maximum absolute atomic E-state index is 12.5. The van der Waals surface area contributed by atoms with E-state index in [1.54, 1.807) is 12.1 Å². The zero-order chi connectivity index (χ0) is 19.7. The van der Waals surface area contributed by atoms with Gasteiger partial charge >= 0.3 is 12.1 Å². The molecule has 1 saturated heterocycles. The van der Waals surface area contributed by atoms with Crippen LogP contribution in [0.4, 0.5) is 13.2 Å². The molecule has 1 unspecified atom stereocenters. The van der Waals surface area contributed by atoms with E-state index in [1.807, 2.05) is 0 Å². The van der Waals surface area contributed by atoms with Crippen LogP contribution in [0.2, 0.25) is 0 Å². The smallest absolute Gasteiger partial charge is 0.381 e. The summed E-state index contributed by atoms with van der Waals surface area (Å²) in [7, 11) is -1.93. The van der Waals surface area contributed by atoms with Crippen molar-refractivity contribution in [3.8, 4) is 11.4 Å². The number of hydrogen-bond acceptors (Lipinski definition) is 6. The van der Waals surface area contributed by atoms with Gasteiger partial charge in [0.05, 0.1) is 12.4 Å². The summed E-state index contributed by atoms with van der Waals surface area (Å²) in [6.45, 7) is 1.18. The minimum atomic E-state index is -4.70. The van der Waals surface area contributed by atoms with E-state index in [1.165, 1.54) is 23.5 Å². The van der Waals surface area contributed by atoms with Crippen LogP contribution in [0.1, 0.15) is 17.9 Å². The van der Waals surface area contributed by atoms with Crippen molar-refractivity contribution >= 4 is 10.0 Å². The standard InChI is InChI=1S/C16H18F3N3O4S/c1-22(27(23,24)10-12-6-7-25-9-12)8-11-2-4-13(5-3-11)14-20-15(26-21-14)16(17,18)19/h2-5,12H,6-10H2,1H3. The van der Waals surface area contributed by atoms with Gasteiger partial charge in [-0.15, -0.1) is 0 Å². The van der Waals surface area contributed by atoms with Crippen LogP contribution in [-0.2, 0) is 27.5 Å². The number of hydrogen-bond donors (Lipinski definition) is 0. The molecule has 2 aromatic rings. The molecule has 1 fully saturated rings. The Kier molecular flexibility index (Phi) is 5.54. The highest BCUT2D eigenvalue weighted by Gasteiger charge is 2.38. The maximum Gasteiger partial charge on any atom is 0.471 e. The van der Waals surface area contributed by atoms with Crippen LogP contribution >= 0.6 is 0 Å². The molecule has 1 aliphatic heterocycles. The largest absolute Gasteiger partial charge is 0.471 e. The van der Waals surface area contributed by atoms with Crippen molar-refractivity contribution in [1.82, 2.24) is 14.4 Å². The lowest BCUT2D eigenvalue weighted by Gasteiger charge is -2.19. The summed E-state index contributed by atoms with van der Waals surface area (Å²) < 4.78 is 73.0. The number of rotatable bonds is 6. The Morgan fingerprint density at radius 1 is 1.26 bits per heavy atom. The van der Waals surface area contributed by atoms with E-state index >= 15 is 0 Å². The number of ether oxygens (including phenoxy) is 1. The van der Waals surface area contributed by atoms with E-state index < -0.39 is 22.1 Å². The van der Waals surface area contributed by atoms with E-state index in [4.69, 9.17) is 4.74 Å². The van der Waals surface area contributed by atoms with Crippen LogP contribution in [0.25, 0.3) is 11.4 Å². The van der Waals surface area contributed by atoms with Crippen LogP contribution in [-0.4, -0.2) is 48.9 Å². The number of alkyl halides is 3. The molecule has 11 heteroatoms. The topological polar surface area (TPSA) is 85.5 Å². The first-order valence-electron chi connectivity index (χ1n) is 8.17. The monoisotopic (exact) mass is 405 g/mol. The van der Waals surface area contributed by atoms with Gasteiger partial charge < -0.3 is 9.26 Å². The predicted molar refractivity (Wildman–Crippen MR) is 88.9 cm³/mol. The lowest BCUT2D eigenvalue weighted by atomic mass is 10.1. The Bertz CT molecular complexity index is 875. The van der Waals surface area contributed by atoms with Crippen LogP contribution in [0.15, 0.2) is 28.8 Å². The van der Waals surface area contributed by atoms with Gasteiger partial charge in [0.1, 0.15) is 0 Å². The van der Waals surface area contributed by atoms with E-state index in [9.17, 15) is 21.6 Å². The highest BCUT2D eigenvalue weighted by molar-refractivity contribution is 7.89. The normalized spacial score (nSPS) is 18.3. The first-order valence-corrected chi connectivity index (χ1v) is 9.78. The highest BCUT2D eigenvalue weighted by atomic mass is 32.2.